The van der Waals surface area contributed by atoms with Crippen LogP contribution in [0.3, 0.4) is 0 Å². The van der Waals surface area contributed by atoms with Crippen molar-refractivity contribution >= 4 is 17.5 Å². The van der Waals surface area contributed by atoms with E-state index in [4.69, 9.17) is 0 Å². The molecule has 2 saturated carbocycles. The maximum absolute atomic E-state index is 3.90. The molecule has 1 aromatic rings. The lowest BCUT2D eigenvalue weighted by Gasteiger charge is -2.23. The monoisotopic (exact) mass is 354 g/mol. The SMILES string of the molecule is CC(C)=Cc1cc(CC(C)C)c(NC2CCCC2)cc1NC1CCCC1. The van der Waals surface area contributed by atoms with Gasteiger partial charge in [-0.25, -0.2) is 0 Å². The summed E-state index contributed by atoms with van der Waals surface area (Å²) in [5.41, 5.74) is 6.91. The van der Waals surface area contributed by atoms with E-state index in [1.807, 2.05) is 0 Å². The minimum Gasteiger partial charge on any atom is -0.382 e. The molecule has 0 aliphatic heterocycles. The van der Waals surface area contributed by atoms with E-state index in [2.05, 4.69) is 56.5 Å². The van der Waals surface area contributed by atoms with Crippen molar-refractivity contribution in [1.82, 2.24) is 0 Å². The molecule has 2 aliphatic rings. The smallest absolute Gasteiger partial charge is 0.0436 e. The molecule has 3 rings (SSSR count). The summed E-state index contributed by atoms with van der Waals surface area (Å²) in [6.45, 7) is 9.05. The molecule has 26 heavy (non-hydrogen) atoms. The molecule has 144 valence electrons. The lowest BCUT2D eigenvalue weighted by molar-refractivity contribution is 0.646. The van der Waals surface area contributed by atoms with Crippen molar-refractivity contribution in [2.45, 2.75) is 97.6 Å². The largest absolute Gasteiger partial charge is 0.382 e. The first kappa shape index (κ1) is 19.3. The fourth-order valence-electron chi connectivity index (χ4n) is 4.54. The fourth-order valence-corrected chi connectivity index (χ4v) is 4.54. The standard InChI is InChI=1S/C24H38N2/c1-17(2)13-19-15-20(14-18(3)4)24(26-22-11-7-8-12-22)16-23(19)25-21-9-5-6-10-21/h13,15-16,18,21-22,25-26H,5-12,14H2,1-4H3. The number of anilines is 2. The molecule has 2 fully saturated rings. The van der Waals surface area contributed by atoms with Gasteiger partial charge >= 0.3 is 0 Å². The highest BCUT2D eigenvalue weighted by atomic mass is 15.0. The van der Waals surface area contributed by atoms with Gasteiger partial charge in [0.2, 0.25) is 0 Å². The van der Waals surface area contributed by atoms with Crippen molar-refractivity contribution in [3.05, 3.63) is 28.8 Å². The van der Waals surface area contributed by atoms with Gasteiger partial charge in [0.1, 0.15) is 0 Å². The van der Waals surface area contributed by atoms with Crippen LogP contribution in [0.1, 0.15) is 90.2 Å². The zero-order chi connectivity index (χ0) is 18.5. The van der Waals surface area contributed by atoms with Crippen molar-refractivity contribution in [2.24, 2.45) is 5.92 Å². The number of hydrogen-bond acceptors (Lipinski definition) is 2. The minimum atomic E-state index is 0.648. The summed E-state index contributed by atoms with van der Waals surface area (Å²) in [6, 6.07) is 6.18. The molecular formula is C24H38N2. The number of benzene rings is 1. The number of rotatable bonds is 7. The van der Waals surface area contributed by atoms with Gasteiger partial charge in [-0.1, -0.05) is 51.2 Å². The summed E-state index contributed by atoms with van der Waals surface area (Å²) >= 11 is 0. The second-order valence-electron chi connectivity index (χ2n) is 9.17. The molecule has 0 radical (unpaired) electrons. The van der Waals surface area contributed by atoms with Crippen LogP contribution in [0.15, 0.2) is 17.7 Å². The van der Waals surface area contributed by atoms with Gasteiger partial charge < -0.3 is 10.6 Å². The Kier molecular flexibility index (Phi) is 6.67. The summed E-state index contributed by atoms with van der Waals surface area (Å²) in [6.07, 6.45) is 14.2. The zero-order valence-corrected chi connectivity index (χ0v) is 17.3. The van der Waals surface area contributed by atoms with Crippen LogP contribution in [0.2, 0.25) is 0 Å². The zero-order valence-electron chi connectivity index (χ0n) is 17.3. The highest BCUT2D eigenvalue weighted by Gasteiger charge is 2.20. The molecule has 0 spiro atoms. The van der Waals surface area contributed by atoms with Crippen molar-refractivity contribution in [2.75, 3.05) is 10.6 Å². The van der Waals surface area contributed by atoms with Crippen molar-refractivity contribution in [3.8, 4) is 0 Å². The molecule has 0 aromatic heterocycles. The lowest BCUT2D eigenvalue weighted by atomic mass is 9.96. The summed E-state index contributed by atoms with van der Waals surface area (Å²) in [4.78, 5) is 0. The van der Waals surface area contributed by atoms with Gasteiger partial charge in [-0.3, -0.25) is 0 Å². The third kappa shape index (κ3) is 5.28. The summed E-state index contributed by atoms with van der Waals surface area (Å²) in [5.74, 6) is 0.673. The topological polar surface area (TPSA) is 24.1 Å². The molecule has 0 heterocycles. The quantitative estimate of drug-likeness (QED) is 0.550. The highest BCUT2D eigenvalue weighted by Crippen LogP contribution is 2.33. The van der Waals surface area contributed by atoms with Crippen LogP contribution in [0.25, 0.3) is 6.08 Å². The second-order valence-corrected chi connectivity index (χ2v) is 9.17. The van der Waals surface area contributed by atoms with Gasteiger partial charge in [0.25, 0.3) is 0 Å². The van der Waals surface area contributed by atoms with Crippen molar-refractivity contribution in [3.63, 3.8) is 0 Å². The molecule has 2 nitrogen and oxygen atoms in total. The Hall–Kier alpha value is -1.44. The third-order valence-electron chi connectivity index (χ3n) is 5.78. The molecule has 0 amide bonds. The Morgan fingerprint density at radius 2 is 1.46 bits per heavy atom. The molecular weight excluding hydrogens is 316 g/mol. The Bertz CT molecular complexity index is 613. The van der Waals surface area contributed by atoms with Crippen LogP contribution in [0.4, 0.5) is 11.4 Å². The van der Waals surface area contributed by atoms with Crippen LogP contribution >= 0.6 is 0 Å². The molecule has 1 aromatic carbocycles. The molecule has 2 aliphatic carbocycles. The Labute approximate surface area is 160 Å². The molecule has 0 unspecified atom stereocenters. The summed E-state index contributed by atoms with van der Waals surface area (Å²) < 4.78 is 0. The van der Waals surface area contributed by atoms with E-state index in [1.165, 1.54) is 79.4 Å². The van der Waals surface area contributed by atoms with Gasteiger partial charge in [0.05, 0.1) is 0 Å². The van der Waals surface area contributed by atoms with E-state index >= 15 is 0 Å². The fraction of sp³-hybridized carbons (Fsp3) is 0.667. The van der Waals surface area contributed by atoms with Gasteiger partial charge in [-0.15, -0.1) is 0 Å². The molecule has 2 N–H and O–H groups in total. The maximum Gasteiger partial charge on any atom is 0.0436 e. The van der Waals surface area contributed by atoms with Crippen LogP contribution in [-0.4, -0.2) is 12.1 Å². The Morgan fingerprint density at radius 3 is 1.96 bits per heavy atom. The first-order valence-electron chi connectivity index (χ1n) is 10.9. The first-order chi connectivity index (χ1) is 12.5. The average Bonchev–Trinajstić information content (AvgIpc) is 3.24. The van der Waals surface area contributed by atoms with Crippen molar-refractivity contribution in [1.29, 1.82) is 0 Å². The maximum atomic E-state index is 3.90. The van der Waals surface area contributed by atoms with Gasteiger partial charge in [0, 0.05) is 23.5 Å². The normalized spacial score (nSPS) is 18.5. The first-order valence-corrected chi connectivity index (χ1v) is 10.9. The van der Waals surface area contributed by atoms with E-state index in [0.717, 1.165) is 6.42 Å². The van der Waals surface area contributed by atoms with Crippen LogP contribution in [-0.2, 0) is 6.42 Å². The van der Waals surface area contributed by atoms with Crippen molar-refractivity contribution < 1.29 is 0 Å². The highest BCUT2D eigenvalue weighted by molar-refractivity contribution is 5.75. The minimum absolute atomic E-state index is 0.648. The predicted molar refractivity (Wildman–Crippen MR) is 116 cm³/mol. The lowest BCUT2D eigenvalue weighted by Crippen LogP contribution is -2.19. The van der Waals surface area contributed by atoms with E-state index in [0.29, 0.717) is 18.0 Å². The second kappa shape index (κ2) is 8.97. The Balaban J connectivity index is 1.94. The summed E-state index contributed by atoms with van der Waals surface area (Å²) in [7, 11) is 0. The van der Waals surface area contributed by atoms with Gasteiger partial charge in [-0.2, -0.15) is 0 Å². The Morgan fingerprint density at radius 1 is 0.923 bits per heavy atom. The molecule has 0 bridgehead atoms. The number of allylic oxidation sites excluding steroid dienone is 1. The van der Waals surface area contributed by atoms with E-state index < -0.39 is 0 Å². The molecule has 0 saturated heterocycles. The number of hydrogen-bond donors (Lipinski definition) is 2. The van der Waals surface area contributed by atoms with E-state index in [-0.39, 0.29) is 0 Å². The van der Waals surface area contributed by atoms with E-state index in [1.54, 1.807) is 0 Å². The number of nitrogens with one attached hydrogen (secondary N) is 2. The van der Waals surface area contributed by atoms with Crippen LogP contribution in [0, 0.1) is 5.92 Å². The summed E-state index contributed by atoms with van der Waals surface area (Å²) in [5, 5.41) is 7.78. The van der Waals surface area contributed by atoms with Crippen LogP contribution < -0.4 is 10.6 Å². The van der Waals surface area contributed by atoms with Crippen LogP contribution in [0.5, 0.6) is 0 Å². The van der Waals surface area contributed by atoms with E-state index in [9.17, 15) is 0 Å². The van der Waals surface area contributed by atoms with Gasteiger partial charge in [0.15, 0.2) is 0 Å². The molecule has 2 heteroatoms. The predicted octanol–water partition coefficient (Wildman–Crippen LogP) is 7.02. The third-order valence-corrected chi connectivity index (χ3v) is 5.78. The van der Waals surface area contributed by atoms with Gasteiger partial charge in [-0.05, 0) is 75.1 Å². The average molecular weight is 355 g/mol. The molecule has 0 atom stereocenters.